The van der Waals surface area contributed by atoms with E-state index < -0.39 is 24.3 Å². The van der Waals surface area contributed by atoms with Crippen LogP contribution in [0.25, 0.3) is 6.08 Å². The topological polar surface area (TPSA) is 94.7 Å². The Hall–Kier alpha value is -1.86. The van der Waals surface area contributed by atoms with Crippen molar-refractivity contribution in [2.45, 2.75) is 38.9 Å². The summed E-state index contributed by atoms with van der Waals surface area (Å²) in [6.07, 6.45) is 3.04. The van der Waals surface area contributed by atoms with Crippen LogP contribution in [0, 0.1) is 0 Å². The van der Waals surface area contributed by atoms with Crippen LogP contribution in [0.2, 0.25) is 0 Å². The molecule has 112 valence electrons. The smallest absolute Gasteiger partial charge is 0.478 e. The van der Waals surface area contributed by atoms with Crippen molar-refractivity contribution in [1.82, 2.24) is 4.98 Å². The second-order valence-corrected chi connectivity index (χ2v) is 5.99. The van der Waals surface area contributed by atoms with Crippen molar-refractivity contribution in [3.63, 3.8) is 0 Å². The number of aromatic nitrogens is 1. The Labute approximate surface area is 124 Å². The lowest BCUT2D eigenvalue weighted by molar-refractivity contribution is 0.00578. The second-order valence-electron chi connectivity index (χ2n) is 5.99. The van der Waals surface area contributed by atoms with E-state index in [4.69, 9.17) is 20.1 Å². The van der Waals surface area contributed by atoms with Gasteiger partial charge in [0.15, 0.2) is 0 Å². The number of anilines is 1. The molecule has 1 aliphatic heterocycles. The number of aromatic carboxylic acids is 1. The number of carboxylic acid groups (broad SMARTS) is 1. The molecule has 1 fully saturated rings. The van der Waals surface area contributed by atoms with Gasteiger partial charge < -0.3 is 20.1 Å². The lowest BCUT2D eigenvalue weighted by Crippen LogP contribution is -2.41. The number of rotatable bonds is 3. The van der Waals surface area contributed by atoms with Gasteiger partial charge in [0.05, 0.1) is 16.8 Å². The summed E-state index contributed by atoms with van der Waals surface area (Å²) in [5.74, 6) is 0.786. The monoisotopic (exact) mass is 290 g/mol. The summed E-state index contributed by atoms with van der Waals surface area (Å²) < 4.78 is 11.6. The summed E-state index contributed by atoms with van der Waals surface area (Å²) in [4.78, 5) is 15.1. The number of nitrogen functional groups attached to an aromatic ring is 1. The molecule has 1 aromatic heterocycles. The minimum absolute atomic E-state index is 0.0928. The van der Waals surface area contributed by atoms with Gasteiger partial charge in [0.1, 0.15) is 5.82 Å². The molecule has 0 unspecified atom stereocenters. The van der Waals surface area contributed by atoms with Gasteiger partial charge in [0.2, 0.25) is 0 Å². The Morgan fingerprint density at radius 3 is 2.43 bits per heavy atom. The molecule has 2 rings (SSSR count). The molecule has 0 amide bonds. The highest BCUT2D eigenvalue weighted by Crippen LogP contribution is 2.37. The third-order valence-electron chi connectivity index (χ3n) is 3.89. The van der Waals surface area contributed by atoms with Crippen LogP contribution in [0.3, 0.4) is 0 Å². The van der Waals surface area contributed by atoms with E-state index in [2.05, 4.69) is 4.98 Å². The highest BCUT2D eigenvalue weighted by molar-refractivity contribution is 6.52. The van der Waals surface area contributed by atoms with Crippen LogP contribution in [0.15, 0.2) is 18.2 Å². The van der Waals surface area contributed by atoms with Crippen molar-refractivity contribution in [3.8, 4) is 0 Å². The van der Waals surface area contributed by atoms with Crippen molar-refractivity contribution in [2.75, 3.05) is 5.73 Å². The van der Waals surface area contributed by atoms with Gasteiger partial charge in [0.25, 0.3) is 0 Å². The van der Waals surface area contributed by atoms with Crippen molar-refractivity contribution >= 4 is 25.0 Å². The Kier molecular flexibility index (Phi) is 3.82. The highest BCUT2D eigenvalue weighted by atomic mass is 16.7. The predicted octanol–water partition coefficient (Wildman–Crippen LogP) is 2.01. The molecule has 3 N–H and O–H groups in total. The molecule has 1 saturated heterocycles. The number of carbonyl (C=O) groups is 1. The molecule has 0 atom stereocenters. The van der Waals surface area contributed by atoms with Gasteiger partial charge in [-0.05, 0) is 33.8 Å². The average molecular weight is 290 g/mol. The normalized spacial score (nSPS) is 20.1. The number of nitrogens with zero attached hydrogens (tertiary/aromatic N) is 1. The quantitative estimate of drug-likeness (QED) is 0.827. The van der Waals surface area contributed by atoms with Gasteiger partial charge in [-0.3, -0.25) is 0 Å². The maximum atomic E-state index is 11.2. The van der Waals surface area contributed by atoms with Crippen LogP contribution >= 0.6 is 0 Å². The molecule has 0 aromatic carbocycles. The molecule has 0 aliphatic carbocycles. The third kappa shape index (κ3) is 3.09. The zero-order valence-corrected chi connectivity index (χ0v) is 12.6. The predicted molar refractivity (Wildman–Crippen MR) is 80.7 cm³/mol. The first-order chi connectivity index (χ1) is 9.62. The van der Waals surface area contributed by atoms with Crippen LogP contribution in [0.1, 0.15) is 43.6 Å². The minimum Gasteiger partial charge on any atom is -0.478 e. The summed E-state index contributed by atoms with van der Waals surface area (Å²) in [5.41, 5.74) is 5.18. The second kappa shape index (κ2) is 5.16. The number of hydrogen-bond donors (Lipinski definition) is 2. The molecule has 0 spiro atoms. The van der Waals surface area contributed by atoms with E-state index in [0.717, 1.165) is 0 Å². The lowest BCUT2D eigenvalue weighted by Gasteiger charge is -2.32. The van der Waals surface area contributed by atoms with Crippen LogP contribution in [0.4, 0.5) is 5.82 Å². The van der Waals surface area contributed by atoms with Crippen LogP contribution in [-0.2, 0) is 9.31 Å². The van der Waals surface area contributed by atoms with Crippen molar-refractivity contribution in [2.24, 2.45) is 0 Å². The van der Waals surface area contributed by atoms with Gasteiger partial charge >= 0.3 is 13.1 Å². The summed E-state index contributed by atoms with van der Waals surface area (Å²) >= 11 is 0. The maximum absolute atomic E-state index is 11.2. The van der Waals surface area contributed by atoms with Crippen LogP contribution in [-0.4, -0.2) is 34.4 Å². The Bertz CT molecular complexity index is 583. The number of hydrogen-bond acceptors (Lipinski definition) is 5. The van der Waals surface area contributed by atoms with Gasteiger partial charge in [-0.25, -0.2) is 9.78 Å². The van der Waals surface area contributed by atoms with Crippen LogP contribution in [0.5, 0.6) is 0 Å². The summed E-state index contributed by atoms with van der Waals surface area (Å²) in [6, 6.07) is 1.33. The van der Waals surface area contributed by atoms with E-state index in [9.17, 15) is 4.79 Å². The summed E-state index contributed by atoms with van der Waals surface area (Å²) in [7, 11) is -0.533. The fourth-order valence-corrected chi connectivity index (χ4v) is 1.95. The first-order valence-electron chi connectivity index (χ1n) is 6.65. The van der Waals surface area contributed by atoms with E-state index in [1.165, 1.54) is 12.3 Å². The highest BCUT2D eigenvalue weighted by Gasteiger charge is 2.50. The van der Waals surface area contributed by atoms with Crippen molar-refractivity contribution in [1.29, 1.82) is 0 Å². The summed E-state index contributed by atoms with van der Waals surface area (Å²) in [6.45, 7) is 7.81. The Balaban J connectivity index is 2.22. The molecule has 6 nitrogen and oxygen atoms in total. The maximum Gasteiger partial charge on any atom is 0.487 e. The molecule has 0 bridgehead atoms. The molecule has 21 heavy (non-hydrogen) atoms. The fourth-order valence-electron chi connectivity index (χ4n) is 1.95. The Morgan fingerprint density at radius 2 is 1.90 bits per heavy atom. The molecular formula is C14H19BN2O4. The average Bonchev–Trinajstić information content (AvgIpc) is 2.56. The molecule has 0 radical (unpaired) electrons. The van der Waals surface area contributed by atoms with Gasteiger partial charge in [-0.15, -0.1) is 0 Å². The standard InChI is InChI=1S/C14H19BN2O4/c1-13(2)14(3,4)21-15(20-13)6-5-9-8-17-11(16)7-10(9)12(18)19/h5-8H,1-4H3,(H2,16,17)(H,18,19)/b6-5+. The van der Waals surface area contributed by atoms with E-state index in [1.807, 2.05) is 27.7 Å². The molecule has 1 aromatic rings. The lowest BCUT2D eigenvalue weighted by atomic mass is 9.89. The first-order valence-corrected chi connectivity index (χ1v) is 6.65. The van der Waals surface area contributed by atoms with Gasteiger partial charge in [-0.2, -0.15) is 0 Å². The zero-order valence-electron chi connectivity index (χ0n) is 12.6. The molecule has 7 heteroatoms. The summed E-state index contributed by atoms with van der Waals surface area (Å²) in [5, 5.41) is 9.17. The number of pyridine rings is 1. The molecule has 2 heterocycles. The molecular weight excluding hydrogens is 271 g/mol. The van der Waals surface area contributed by atoms with E-state index in [1.54, 1.807) is 12.1 Å². The minimum atomic E-state index is -1.06. The number of carboxylic acids is 1. The van der Waals surface area contributed by atoms with Crippen molar-refractivity contribution in [3.05, 3.63) is 29.4 Å². The first kappa shape index (κ1) is 15.5. The van der Waals surface area contributed by atoms with E-state index >= 15 is 0 Å². The molecule has 0 saturated carbocycles. The van der Waals surface area contributed by atoms with E-state index in [-0.39, 0.29) is 11.4 Å². The van der Waals surface area contributed by atoms with Gasteiger partial charge in [-0.1, -0.05) is 12.1 Å². The fraction of sp³-hybridized carbons (Fsp3) is 0.429. The van der Waals surface area contributed by atoms with E-state index in [0.29, 0.717) is 5.56 Å². The third-order valence-corrected chi connectivity index (χ3v) is 3.89. The Morgan fingerprint density at radius 1 is 1.33 bits per heavy atom. The zero-order chi connectivity index (χ0) is 15.8. The van der Waals surface area contributed by atoms with Crippen molar-refractivity contribution < 1.29 is 19.2 Å². The van der Waals surface area contributed by atoms with Crippen LogP contribution < -0.4 is 5.73 Å². The largest absolute Gasteiger partial charge is 0.487 e. The van der Waals surface area contributed by atoms with Gasteiger partial charge in [0, 0.05) is 11.8 Å². The number of nitrogens with two attached hydrogens (primary N) is 1. The molecule has 1 aliphatic rings. The SMILES string of the molecule is CC1(C)OB(/C=C/c2cnc(N)cc2C(=O)O)OC1(C)C.